The van der Waals surface area contributed by atoms with Crippen molar-refractivity contribution in [3.63, 3.8) is 0 Å². The zero-order valence-corrected chi connectivity index (χ0v) is 14.5. The quantitative estimate of drug-likeness (QED) is 0.761. The molecular formula is C18H16ClFN4O. The predicted octanol–water partition coefficient (Wildman–Crippen LogP) is 4.18. The second-order valence-electron chi connectivity index (χ2n) is 5.54. The number of rotatable bonds is 4. The van der Waals surface area contributed by atoms with E-state index in [0.29, 0.717) is 11.4 Å². The van der Waals surface area contributed by atoms with Crippen LogP contribution in [0.2, 0.25) is 5.02 Å². The van der Waals surface area contributed by atoms with E-state index in [9.17, 15) is 9.18 Å². The number of nitrogens with one attached hydrogen (secondary N) is 1. The Hall–Kier alpha value is -2.73. The van der Waals surface area contributed by atoms with Crippen molar-refractivity contribution in [2.75, 3.05) is 5.32 Å². The number of aromatic nitrogens is 3. The molecule has 0 unspecified atom stereocenters. The van der Waals surface area contributed by atoms with Crippen molar-refractivity contribution in [3.8, 4) is 5.69 Å². The van der Waals surface area contributed by atoms with E-state index in [0.717, 1.165) is 12.1 Å². The number of hydrogen-bond donors (Lipinski definition) is 1. The molecule has 0 aliphatic heterocycles. The van der Waals surface area contributed by atoms with Gasteiger partial charge in [0.25, 0.3) is 5.91 Å². The van der Waals surface area contributed by atoms with Gasteiger partial charge >= 0.3 is 0 Å². The highest BCUT2D eigenvalue weighted by atomic mass is 35.5. The summed E-state index contributed by atoms with van der Waals surface area (Å²) in [6.07, 6.45) is 0.949. The summed E-state index contributed by atoms with van der Waals surface area (Å²) in [5.74, 6) is -0.978. The summed E-state index contributed by atoms with van der Waals surface area (Å²) in [7, 11) is 0. The van der Waals surface area contributed by atoms with Gasteiger partial charge in [0.15, 0.2) is 5.69 Å². The van der Waals surface area contributed by atoms with Crippen LogP contribution in [0.5, 0.6) is 0 Å². The molecule has 7 heteroatoms. The molecule has 0 saturated heterocycles. The van der Waals surface area contributed by atoms with Gasteiger partial charge in [0.05, 0.1) is 16.4 Å². The molecule has 3 aromatic rings. The third-order valence-electron chi connectivity index (χ3n) is 3.88. The first-order valence-corrected chi connectivity index (χ1v) is 8.15. The average Bonchev–Trinajstić information content (AvgIpc) is 3.00. The SMILES string of the molecule is CCc1ccc(-n2nnc(C(=O)Nc3ccc(F)c(Cl)c3)c2C)cc1. The molecule has 1 heterocycles. The fourth-order valence-corrected chi connectivity index (χ4v) is 2.60. The molecule has 1 amide bonds. The molecule has 3 rings (SSSR count). The Labute approximate surface area is 149 Å². The van der Waals surface area contributed by atoms with E-state index in [1.807, 2.05) is 24.3 Å². The number of nitrogens with zero attached hydrogens (tertiary/aromatic N) is 3. The topological polar surface area (TPSA) is 59.8 Å². The maximum Gasteiger partial charge on any atom is 0.278 e. The summed E-state index contributed by atoms with van der Waals surface area (Å²) >= 11 is 5.73. The molecular weight excluding hydrogens is 343 g/mol. The van der Waals surface area contributed by atoms with E-state index >= 15 is 0 Å². The molecule has 25 heavy (non-hydrogen) atoms. The number of carbonyl (C=O) groups excluding carboxylic acids is 1. The van der Waals surface area contributed by atoms with Gasteiger partial charge in [0.2, 0.25) is 0 Å². The maximum atomic E-state index is 13.2. The van der Waals surface area contributed by atoms with Crippen molar-refractivity contribution in [1.29, 1.82) is 0 Å². The van der Waals surface area contributed by atoms with Gasteiger partial charge in [-0.3, -0.25) is 4.79 Å². The Bertz CT molecular complexity index is 921. The van der Waals surface area contributed by atoms with Crippen LogP contribution in [0.4, 0.5) is 10.1 Å². The van der Waals surface area contributed by atoms with Crippen molar-refractivity contribution >= 4 is 23.2 Å². The Kier molecular flexibility index (Phi) is 4.81. The van der Waals surface area contributed by atoms with E-state index in [-0.39, 0.29) is 10.7 Å². The molecule has 0 saturated carbocycles. The second kappa shape index (κ2) is 7.03. The number of benzene rings is 2. The number of carbonyl (C=O) groups is 1. The number of hydrogen-bond acceptors (Lipinski definition) is 3. The van der Waals surface area contributed by atoms with Crippen molar-refractivity contribution in [2.24, 2.45) is 0 Å². The monoisotopic (exact) mass is 358 g/mol. The molecule has 0 atom stereocenters. The van der Waals surface area contributed by atoms with Gasteiger partial charge in [0.1, 0.15) is 5.82 Å². The van der Waals surface area contributed by atoms with Crippen LogP contribution in [-0.2, 0) is 6.42 Å². The van der Waals surface area contributed by atoms with E-state index in [1.54, 1.807) is 11.6 Å². The van der Waals surface area contributed by atoms with Crippen LogP contribution < -0.4 is 5.32 Å². The number of aryl methyl sites for hydroxylation is 1. The van der Waals surface area contributed by atoms with Crippen LogP contribution in [0.3, 0.4) is 0 Å². The minimum Gasteiger partial charge on any atom is -0.320 e. The summed E-state index contributed by atoms with van der Waals surface area (Å²) < 4.78 is 14.8. The molecule has 0 bridgehead atoms. The third kappa shape index (κ3) is 3.53. The molecule has 0 fully saturated rings. The molecule has 1 aromatic heterocycles. The smallest absolute Gasteiger partial charge is 0.278 e. The van der Waals surface area contributed by atoms with E-state index in [1.165, 1.54) is 23.8 Å². The zero-order valence-electron chi connectivity index (χ0n) is 13.8. The van der Waals surface area contributed by atoms with Crippen LogP contribution in [0.15, 0.2) is 42.5 Å². The van der Waals surface area contributed by atoms with Gasteiger partial charge in [-0.2, -0.15) is 0 Å². The lowest BCUT2D eigenvalue weighted by Gasteiger charge is -2.06. The van der Waals surface area contributed by atoms with Gasteiger partial charge in [0, 0.05) is 5.69 Å². The molecule has 0 aliphatic rings. The average molecular weight is 359 g/mol. The van der Waals surface area contributed by atoms with Crippen molar-refractivity contribution in [1.82, 2.24) is 15.0 Å². The lowest BCUT2D eigenvalue weighted by Crippen LogP contribution is -2.14. The van der Waals surface area contributed by atoms with Crippen LogP contribution in [0.1, 0.15) is 28.7 Å². The summed E-state index contributed by atoms with van der Waals surface area (Å²) in [6, 6.07) is 11.9. The number of amides is 1. The second-order valence-corrected chi connectivity index (χ2v) is 5.95. The standard InChI is InChI=1S/C18H16ClFN4O/c1-3-12-4-7-14(8-5-12)24-11(2)17(22-23-24)18(25)21-13-6-9-16(20)15(19)10-13/h4-10H,3H2,1-2H3,(H,21,25). The lowest BCUT2D eigenvalue weighted by atomic mass is 10.1. The molecule has 0 spiro atoms. The largest absolute Gasteiger partial charge is 0.320 e. The van der Waals surface area contributed by atoms with Crippen molar-refractivity contribution in [2.45, 2.75) is 20.3 Å². The lowest BCUT2D eigenvalue weighted by molar-refractivity contribution is 0.102. The first-order chi connectivity index (χ1) is 12.0. The van der Waals surface area contributed by atoms with Crippen LogP contribution >= 0.6 is 11.6 Å². The van der Waals surface area contributed by atoms with Crippen LogP contribution in [-0.4, -0.2) is 20.9 Å². The molecule has 0 aliphatic carbocycles. The minimum atomic E-state index is -0.544. The first kappa shape index (κ1) is 17.1. The van der Waals surface area contributed by atoms with E-state index < -0.39 is 11.7 Å². The summed E-state index contributed by atoms with van der Waals surface area (Å²) in [5.41, 5.74) is 3.23. The molecule has 0 radical (unpaired) electrons. The normalized spacial score (nSPS) is 10.7. The Morgan fingerprint density at radius 2 is 1.96 bits per heavy atom. The van der Waals surface area contributed by atoms with Crippen molar-refractivity contribution < 1.29 is 9.18 Å². The summed E-state index contributed by atoms with van der Waals surface area (Å²) in [4.78, 5) is 12.4. The van der Waals surface area contributed by atoms with E-state index in [2.05, 4.69) is 22.6 Å². The van der Waals surface area contributed by atoms with Gasteiger partial charge in [-0.15, -0.1) is 5.10 Å². The predicted molar refractivity (Wildman–Crippen MR) is 94.8 cm³/mol. The highest BCUT2D eigenvalue weighted by molar-refractivity contribution is 6.31. The maximum absolute atomic E-state index is 13.2. The Morgan fingerprint density at radius 3 is 2.60 bits per heavy atom. The van der Waals surface area contributed by atoms with Gasteiger partial charge < -0.3 is 5.32 Å². The van der Waals surface area contributed by atoms with Crippen LogP contribution in [0, 0.1) is 12.7 Å². The first-order valence-electron chi connectivity index (χ1n) is 7.77. The number of halogens is 2. The van der Waals surface area contributed by atoms with Gasteiger partial charge in [-0.05, 0) is 49.2 Å². The fraction of sp³-hybridized carbons (Fsp3) is 0.167. The zero-order chi connectivity index (χ0) is 18.0. The van der Waals surface area contributed by atoms with Gasteiger partial charge in [-0.1, -0.05) is 35.9 Å². The highest BCUT2D eigenvalue weighted by Gasteiger charge is 2.18. The number of anilines is 1. The molecule has 128 valence electrons. The van der Waals surface area contributed by atoms with Crippen LogP contribution in [0.25, 0.3) is 5.69 Å². The molecule has 5 nitrogen and oxygen atoms in total. The van der Waals surface area contributed by atoms with Crippen molar-refractivity contribution in [3.05, 3.63) is 70.3 Å². The summed E-state index contributed by atoms with van der Waals surface area (Å²) in [5, 5.41) is 10.6. The van der Waals surface area contributed by atoms with E-state index in [4.69, 9.17) is 11.6 Å². The Morgan fingerprint density at radius 1 is 1.24 bits per heavy atom. The summed E-state index contributed by atoms with van der Waals surface area (Å²) in [6.45, 7) is 3.85. The fourth-order valence-electron chi connectivity index (χ4n) is 2.42. The molecule has 2 aromatic carbocycles. The minimum absolute atomic E-state index is 0.0609. The third-order valence-corrected chi connectivity index (χ3v) is 4.17. The highest BCUT2D eigenvalue weighted by Crippen LogP contribution is 2.20. The Balaban J connectivity index is 1.84. The van der Waals surface area contributed by atoms with Gasteiger partial charge in [-0.25, -0.2) is 9.07 Å². The molecule has 1 N–H and O–H groups in total.